The number of benzene rings is 1. The van der Waals surface area contributed by atoms with E-state index in [-0.39, 0.29) is 0 Å². The van der Waals surface area contributed by atoms with Crippen molar-refractivity contribution in [2.24, 2.45) is 0 Å². The molecule has 2 rings (SSSR count). The van der Waals surface area contributed by atoms with Gasteiger partial charge in [0.1, 0.15) is 0 Å². The van der Waals surface area contributed by atoms with Crippen LogP contribution in [-0.2, 0) is 4.74 Å². The van der Waals surface area contributed by atoms with Gasteiger partial charge in [0, 0.05) is 31.1 Å². The Morgan fingerprint density at radius 2 is 2.29 bits per heavy atom. The molecular weight excluding hydrogens is 212 g/mol. The first-order valence-corrected chi connectivity index (χ1v) is 6.44. The van der Waals surface area contributed by atoms with E-state index in [1.165, 1.54) is 24.1 Å². The summed E-state index contributed by atoms with van der Waals surface area (Å²) >= 11 is 0. The first-order chi connectivity index (χ1) is 8.22. The Labute approximate surface area is 104 Å². The minimum atomic E-state index is 0.370. The van der Waals surface area contributed by atoms with E-state index < -0.39 is 0 Å². The summed E-state index contributed by atoms with van der Waals surface area (Å²) in [6.45, 7) is 7.04. The largest absolute Gasteiger partial charge is 0.398 e. The average Bonchev–Trinajstić information content (AvgIpc) is 2.33. The van der Waals surface area contributed by atoms with Crippen LogP contribution in [0.4, 0.5) is 11.4 Å². The number of nitrogen functional groups attached to an aromatic ring is 1. The molecule has 0 spiro atoms. The van der Waals surface area contributed by atoms with Gasteiger partial charge in [-0.05, 0) is 44.4 Å². The second-order valence-corrected chi connectivity index (χ2v) is 4.66. The summed E-state index contributed by atoms with van der Waals surface area (Å²) in [6.07, 6.45) is 2.74. The van der Waals surface area contributed by atoms with Crippen molar-refractivity contribution in [3.8, 4) is 0 Å². The molecule has 17 heavy (non-hydrogen) atoms. The molecule has 3 nitrogen and oxygen atoms in total. The van der Waals surface area contributed by atoms with E-state index in [1.54, 1.807) is 0 Å². The Balaban J connectivity index is 2.13. The van der Waals surface area contributed by atoms with Crippen LogP contribution in [0.15, 0.2) is 18.2 Å². The van der Waals surface area contributed by atoms with Gasteiger partial charge in [-0.2, -0.15) is 0 Å². The van der Waals surface area contributed by atoms with Gasteiger partial charge < -0.3 is 15.4 Å². The molecule has 1 aliphatic heterocycles. The molecule has 1 aromatic carbocycles. The molecule has 0 radical (unpaired) electrons. The Kier molecular flexibility index (Phi) is 3.89. The van der Waals surface area contributed by atoms with Gasteiger partial charge in [-0.15, -0.1) is 0 Å². The third kappa shape index (κ3) is 2.72. The van der Waals surface area contributed by atoms with Crippen molar-refractivity contribution in [3.63, 3.8) is 0 Å². The highest BCUT2D eigenvalue weighted by molar-refractivity contribution is 5.64. The van der Waals surface area contributed by atoms with Crippen molar-refractivity contribution in [3.05, 3.63) is 23.8 Å². The predicted molar refractivity (Wildman–Crippen MR) is 72.5 cm³/mol. The highest BCUT2D eigenvalue weighted by Crippen LogP contribution is 2.27. The number of rotatable bonds is 3. The average molecular weight is 234 g/mol. The predicted octanol–water partition coefficient (Wildman–Crippen LogP) is 2.58. The molecule has 1 saturated heterocycles. The molecule has 0 saturated carbocycles. The fourth-order valence-electron chi connectivity index (χ4n) is 2.51. The van der Waals surface area contributed by atoms with Gasteiger partial charge in [-0.25, -0.2) is 0 Å². The minimum absolute atomic E-state index is 0.370. The Morgan fingerprint density at radius 1 is 1.47 bits per heavy atom. The molecule has 1 unspecified atom stereocenters. The zero-order chi connectivity index (χ0) is 12.3. The molecule has 1 aromatic rings. The summed E-state index contributed by atoms with van der Waals surface area (Å²) in [5, 5.41) is 0. The third-order valence-electron chi connectivity index (χ3n) is 3.47. The summed E-state index contributed by atoms with van der Waals surface area (Å²) in [5.74, 6) is 0. The van der Waals surface area contributed by atoms with Crippen molar-refractivity contribution in [1.29, 1.82) is 0 Å². The van der Waals surface area contributed by atoms with Crippen LogP contribution < -0.4 is 10.6 Å². The Morgan fingerprint density at radius 3 is 3.06 bits per heavy atom. The molecule has 0 amide bonds. The van der Waals surface area contributed by atoms with E-state index in [4.69, 9.17) is 10.5 Å². The van der Waals surface area contributed by atoms with Crippen molar-refractivity contribution in [1.82, 2.24) is 0 Å². The van der Waals surface area contributed by atoms with Gasteiger partial charge in [0.05, 0.1) is 6.10 Å². The standard InChI is InChI=1S/C14H22N2O/c1-3-17-12-6-5-9-16(10-12)14-8-4-7-13(15)11(14)2/h4,7-8,12H,3,5-6,9-10,15H2,1-2H3. The Hall–Kier alpha value is -1.22. The van der Waals surface area contributed by atoms with Gasteiger partial charge in [0.2, 0.25) is 0 Å². The van der Waals surface area contributed by atoms with Crippen molar-refractivity contribution in [2.75, 3.05) is 30.3 Å². The number of hydrogen-bond acceptors (Lipinski definition) is 3. The van der Waals surface area contributed by atoms with Crippen LogP contribution in [0.3, 0.4) is 0 Å². The summed E-state index contributed by atoms with van der Waals surface area (Å²) in [6, 6.07) is 6.14. The number of nitrogens with zero attached hydrogens (tertiary/aromatic N) is 1. The lowest BCUT2D eigenvalue weighted by Gasteiger charge is -2.35. The number of ether oxygens (including phenoxy) is 1. The molecule has 2 N–H and O–H groups in total. The van der Waals surface area contributed by atoms with Crippen molar-refractivity contribution in [2.45, 2.75) is 32.8 Å². The van der Waals surface area contributed by atoms with Crippen LogP contribution >= 0.6 is 0 Å². The SMILES string of the molecule is CCOC1CCCN(c2cccc(N)c2C)C1. The summed E-state index contributed by atoms with van der Waals surface area (Å²) in [7, 11) is 0. The lowest BCUT2D eigenvalue weighted by Crippen LogP contribution is -2.40. The van der Waals surface area contributed by atoms with Crippen LogP contribution in [0, 0.1) is 6.92 Å². The number of nitrogens with two attached hydrogens (primary N) is 1. The molecule has 1 aliphatic rings. The fourth-order valence-corrected chi connectivity index (χ4v) is 2.51. The second kappa shape index (κ2) is 5.41. The van der Waals surface area contributed by atoms with Crippen LogP contribution in [0.25, 0.3) is 0 Å². The van der Waals surface area contributed by atoms with E-state index in [1.807, 2.05) is 12.1 Å². The van der Waals surface area contributed by atoms with Crippen molar-refractivity contribution >= 4 is 11.4 Å². The number of anilines is 2. The molecule has 94 valence electrons. The zero-order valence-electron chi connectivity index (χ0n) is 10.8. The minimum Gasteiger partial charge on any atom is -0.398 e. The lowest BCUT2D eigenvalue weighted by atomic mass is 10.0. The molecule has 1 heterocycles. The summed E-state index contributed by atoms with van der Waals surface area (Å²) in [4.78, 5) is 2.40. The van der Waals surface area contributed by atoms with Crippen LogP contribution in [0.2, 0.25) is 0 Å². The molecule has 3 heteroatoms. The first kappa shape index (κ1) is 12.2. The highest BCUT2D eigenvalue weighted by atomic mass is 16.5. The second-order valence-electron chi connectivity index (χ2n) is 4.66. The molecular formula is C14H22N2O. The van der Waals surface area contributed by atoms with Gasteiger partial charge >= 0.3 is 0 Å². The molecule has 1 atom stereocenters. The monoisotopic (exact) mass is 234 g/mol. The van der Waals surface area contributed by atoms with E-state index in [2.05, 4.69) is 24.8 Å². The van der Waals surface area contributed by atoms with Gasteiger partial charge in [0.15, 0.2) is 0 Å². The maximum atomic E-state index is 5.96. The van der Waals surface area contributed by atoms with Gasteiger partial charge in [-0.1, -0.05) is 6.07 Å². The topological polar surface area (TPSA) is 38.5 Å². The lowest BCUT2D eigenvalue weighted by molar-refractivity contribution is 0.0526. The highest BCUT2D eigenvalue weighted by Gasteiger charge is 2.21. The van der Waals surface area contributed by atoms with E-state index >= 15 is 0 Å². The third-order valence-corrected chi connectivity index (χ3v) is 3.47. The molecule has 0 aromatic heterocycles. The molecule has 0 bridgehead atoms. The van der Waals surface area contributed by atoms with E-state index in [0.717, 1.165) is 25.4 Å². The number of hydrogen-bond donors (Lipinski definition) is 1. The first-order valence-electron chi connectivity index (χ1n) is 6.44. The quantitative estimate of drug-likeness (QED) is 0.817. The normalized spacial score (nSPS) is 20.6. The van der Waals surface area contributed by atoms with E-state index in [9.17, 15) is 0 Å². The van der Waals surface area contributed by atoms with Crippen LogP contribution in [-0.4, -0.2) is 25.8 Å². The molecule has 1 fully saturated rings. The van der Waals surface area contributed by atoms with Gasteiger partial charge in [0.25, 0.3) is 0 Å². The maximum Gasteiger partial charge on any atom is 0.0750 e. The van der Waals surface area contributed by atoms with Crippen molar-refractivity contribution < 1.29 is 4.74 Å². The maximum absolute atomic E-state index is 5.96. The van der Waals surface area contributed by atoms with Gasteiger partial charge in [-0.3, -0.25) is 0 Å². The fraction of sp³-hybridized carbons (Fsp3) is 0.571. The smallest absolute Gasteiger partial charge is 0.0750 e. The van der Waals surface area contributed by atoms with Crippen LogP contribution in [0.5, 0.6) is 0 Å². The Bertz CT molecular complexity index is 376. The summed E-state index contributed by atoms with van der Waals surface area (Å²) in [5.41, 5.74) is 9.28. The van der Waals surface area contributed by atoms with Crippen LogP contribution in [0.1, 0.15) is 25.3 Å². The molecule has 0 aliphatic carbocycles. The zero-order valence-corrected chi connectivity index (χ0v) is 10.8. The van der Waals surface area contributed by atoms with E-state index in [0.29, 0.717) is 6.10 Å². The number of piperidine rings is 1. The summed E-state index contributed by atoms with van der Waals surface area (Å²) < 4.78 is 5.73.